The van der Waals surface area contributed by atoms with Gasteiger partial charge in [-0.05, 0) is 71.9 Å². The average molecular weight is 510 g/mol. The summed E-state index contributed by atoms with van der Waals surface area (Å²) < 4.78 is 16.8. The number of methoxy groups -OCH3 is 1. The fourth-order valence-electron chi connectivity index (χ4n) is 3.64. The van der Waals surface area contributed by atoms with E-state index in [4.69, 9.17) is 13.9 Å². The topological polar surface area (TPSA) is 76.6 Å². The lowest BCUT2D eigenvalue weighted by Crippen LogP contribution is -2.28. The number of hydrogen-bond acceptors (Lipinski definition) is 7. The van der Waals surface area contributed by atoms with E-state index in [0.29, 0.717) is 27.3 Å². The first-order valence-corrected chi connectivity index (χ1v) is 12.3. The molecule has 1 aliphatic heterocycles. The smallest absolute Gasteiger partial charge is 0.267 e. The third-order valence-corrected chi connectivity index (χ3v) is 6.39. The Labute approximate surface area is 218 Å². The van der Waals surface area contributed by atoms with E-state index in [0.717, 1.165) is 16.9 Å². The summed E-state index contributed by atoms with van der Waals surface area (Å²) in [7, 11) is 1.60. The summed E-state index contributed by atoms with van der Waals surface area (Å²) in [5.74, 6) is 2.58. The number of amidine groups is 1. The minimum Gasteiger partial charge on any atom is -0.496 e. The second-order valence-corrected chi connectivity index (χ2v) is 8.95. The molecule has 0 aliphatic carbocycles. The summed E-state index contributed by atoms with van der Waals surface area (Å²) in [6.07, 6.45) is 5.01. The third kappa shape index (κ3) is 5.99. The Kier molecular flexibility index (Phi) is 7.47. The lowest BCUT2D eigenvalue weighted by Gasteiger charge is -2.12. The number of carbonyl (C=O) groups is 1. The van der Waals surface area contributed by atoms with Gasteiger partial charge in [-0.15, -0.1) is 5.10 Å². The molecule has 1 amide bonds. The maximum Gasteiger partial charge on any atom is 0.267 e. The molecule has 1 aliphatic rings. The first-order chi connectivity index (χ1) is 18.2. The van der Waals surface area contributed by atoms with Gasteiger partial charge in [-0.3, -0.25) is 9.69 Å². The van der Waals surface area contributed by atoms with Gasteiger partial charge < -0.3 is 13.9 Å². The summed E-state index contributed by atoms with van der Waals surface area (Å²) in [5, 5.41) is 9.06. The molecule has 184 valence electrons. The van der Waals surface area contributed by atoms with Gasteiger partial charge in [0.25, 0.3) is 5.91 Å². The molecule has 7 nitrogen and oxygen atoms in total. The predicted molar refractivity (Wildman–Crippen MR) is 146 cm³/mol. The normalized spacial score (nSPS) is 15.7. The van der Waals surface area contributed by atoms with Crippen molar-refractivity contribution >= 4 is 35.1 Å². The maximum absolute atomic E-state index is 13.4. The summed E-state index contributed by atoms with van der Waals surface area (Å²) >= 11 is 1.26. The third-order valence-electron chi connectivity index (χ3n) is 5.40. The van der Waals surface area contributed by atoms with E-state index in [-0.39, 0.29) is 12.5 Å². The van der Waals surface area contributed by atoms with Crippen LogP contribution in [0.1, 0.15) is 16.9 Å². The summed E-state index contributed by atoms with van der Waals surface area (Å²) in [4.78, 5) is 15.4. The van der Waals surface area contributed by atoms with Crippen LogP contribution < -0.4 is 9.47 Å². The van der Waals surface area contributed by atoms with Crippen molar-refractivity contribution < 1.29 is 18.7 Å². The molecule has 0 N–H and O–H groups in total. The molecule has 0 spiro atoms. The van der Waals surface area contributed by atoms with E-state index < -0.39 is 0 Å². The van der Waals surface area contributed by atoms with Crippen molar-refractivity contribution in [3.05, 3.63) is 119 Å². The predicted octanol–water partition coefficient (Wildman–Crippen LogP) is 6.59. The van der Waals surface area contributed by atoms with Crippen LogP contribution in [0, 0.1) is 0 Å². The standard InChI is InChI=1S/C29H23N3O4S/c1-34-26-15-6-5-10-22(26)19-30-31-29-32(20-25-14-8-16-35-25)28(33)27(37-29)18-21-9-7-13-24(17-21)36-23-11-3-2-4-12-23/h2-19H,20H2,1H3/b27-18-,30-19+,31-29-. The van der Waals surface area contributed by atoms with Crippen molar-refractivity contribution in [2.45, 2.75) is 6.54 Å². The molecular formula is C29H23N3O4S. The summed E-state index contributed by atoms with van der Waals surface area (Å²) in [6.45, 7) is 0.246. The van der Waals surface area contributed by atoms with Gasteiger partial charge in [-0.25, -0.2) is 0 Å². The van der Waals surface area contributed by atoms with Crippen LogP contribution in [0.2, 0.25) is 0 Å². The lowest BCUT2D eigenvalue weighted by atomic mass is 10.2. The molecule has 8 heteroatoms. The van der Waals surface area contributed by atoms with Crippen LogP contribution in [0.5, 0.6) is 17.2 Å². The molecule has 0 atom stereocenters. The van der Waals surface area contributed by atoms with Crippen LogP contribution in [0.3, 0.4) is 0 Å². The van der Waals surface area contributed by atoms with Gasteiger partial charge in [-0.2, -0.15) is 5.10 Å². The zero-order valence-corrected chi connectivity index (χ0v) is 20.8. The molecular weight excluding hydrogens is 486 g/mol. The number of rotatable bonds is 8. The zero-order valence-electron chi connectivity index (χ0n) is 20.0. The first kappa shape index (κ1) is 24.1. The number of ether oxygens (including phenoxy) is 2. The van der Waals surface area contributed by atoms with Gasteiger partial charge in [0, 0.05) is 5.56 Å². The Morgan fingerprint density at radius 1 is 0.946 bits per heavy atom. The fourth-order valence-corrected chi connectivity index (χ4v) is 4.57. The molecule has 0 bridgehead atoms. The Bertz CT molecular complexity index is 1460. The SMILES string of the molecule is COc1ccccc1/C=N/N=C1\S/C(=C\c2cccc(Oc3ccccc3)c2)C(=O)N1Cc1ccco1. The maximum atomic E-state index is 13.4. The number of furan rings is 1. The van der Waals surface area contributed by atoms with Crippen LogP contribution in [0.15, 0.2) is 117 Å². The Morgan fingerprint density at radius 3 is 2.57 bits per heavy atom. The first-order valence-electron chi connectivity index (χ1n) is 11.5. The number of thioether (sulfide) groups is 1. The molecule has 2 heterocycles. The van der Waals surface area contributed by atoms with Crippen molar-refractivity contribution in [2.75, 3.05) is 7.11 Å². The lowest BCUT2D eigenvalue weighted by molar-refractivity contribution is -0.122. The Balaban J connectivity index is 1.41. The molecule has 5 rings (SSSR count). The van der Waals surface area contributed by atoms with Crippen molar-refractivity contribution in [1.82, 2.24) is 4.90 Å². The van der Waals surface area contributed by atoms with Gasteiger partial charge in [0.2, 0.25) is 0 Å². The number of benzene rings is 3. The van der Waals surface area contributed by atoms with Crippen LogP contribution in [0.25, 0.3) is 6.08 Å². The molecule has 0 radical (unpaired) electrons. The highest BCUT2D eigenvalue weighted by molar-refractivity contribution is 8.18. The minimum absolute atomic E-state index is 0.179. The number of para-hydroxylation sites is 2. The number of nitrogens with zero attached hydrogens (tertiary/aromatic N) is 3. The van der Waals surface area contributed by atoms with Crippen LogP contribution >= 0.6 is 11.8 Å². The van der Waals surface area contributed by atoms with Gasteiger partial charge in [-0.1, -0.05) is 42.5 Å². The number of hydrogen-bond donors (Lipinski definition) is 0. The molecule has 1 aromatic heterocycles. The zero-order chi connectivity index (χ0) is 25.5. The van der Waals surface area contributed by atoms with Gasteiger partial charge in [0.05, 0.1) is 31.0 Å². The quantitative estimate of drug-likeness (QED) is 0.152. The van der Waals surface area contributed by atoms with Crippen LogP contribution in [-0.4, -0.2) is 29.3 Å². The number of carbonyl (C=O) groups excluding carboxylic acids is 1. The van der Waals surface area contributed by atoms with Gasteiger partial charge in [0.15, 0.2) is 5.17 Å². The van der Waals surface area contributed by atoms with Crippen molar-refractivity contribution in [3.8, 4) is 17.2 Å². The van der Waals surface area contributed by atoms with E-state index in [1.165, 1.54) is 11.8 Å². The van der Waals surface area contributed by atoms with Gasteiger partial charge >= 0.3 is 0 Å². The summed E-state index contributed by atoms with van der Waals surface area (Å²) in [6, 6.07) is 28.2. The largest absolute Gasteiger partial charge is 0.496 e. The van der Waals surface area contributed by atoms with Crippen LogP contribution in [0.4, 0.5) is 0 Å². The van der Waals surface area contributed by atoms with Crippen molar-refractivity contribution in [1.29, 1.82) is 0 Å². The molecule has 1 saturated heterocycles. The van der Waals surface area contributed by atoms with E-state index in [2.05, 4.69) is 10.2 Å². The monoisotopic (exact) mass is 509 g/mol. The molecule has 4 aromatic rings. The molecule has 37 heavy (non-hydrogen) atoms. The molecule has 3 aromatic carbocycles. The minimum atomic E-state index is -0.179. The van der Waals surface area contributed by atoms with Gasteiger partial charge in [0.1, 0.15) is 23.0 Å². The summed E-state index contributed by atoms with van der Waals surface area (Å²) in [5.41, 5.74) is 1.62. The van der Waals surface area contributed by atoms with Crippen LogP contribution in [-0.2, 0) is 11.3 Å². The van der Waals surface area contributed by atoms with E-state index in [1.54, 1.807) is 30.6 Å². The highest BCUT2D eigenvalue weighted by Crippen LogP contribution is 2.34. The Morgan fingerprint density at radius 2 is 1.76 bits per heavy atom. The van der Waals surface area contributed by atoms with E-state index in [1.807, 2.05) is 91.0 Å². The van der Waals surface area contributed by atoms with Crippen molar-refractivity contribution in [2.24, 2.45) is 10.2 Å². The second-order valence-electron chi connectivity index (χ2n) is 7.94. The number of amides is 1. The fraction of sp³-hybridized carbons (Fsp3) is 0.0690. The Hall–Kier alpha value is -4.56. The van der Waals surface area contributed by atoms with E-state index in [9.17, 15) is 4.79 Å². The average Bonchev–Trinajstić information content (AvgIpc) is 3.54. The molecule has 0 unspecified atom stereocenters. The highest BCUT2D eigenvalue weighted by atomic mass is 32.2. The molecule has 1 fully saturated rings. The second kappa shape index (κ2) is 11.5. The van der Waals surface area contributed by atoms with E-state index >= 15 is 0 Å². The highest BCUT2D eigenvalue weighted by Gasteiger charge is 2.34. The van der Waals surface area contributed by atoms with Crippen molar-refractivity contribution in [3.63, 3.8) is 0 Å². The molecule has 0 saturated carbocycles.